The molecule has 0 atom stereocenters. The van der Waals surface area contributed by atoms with E-state index in [1.807, 2.05) is 30.3 Å². The van der Waals surface area contributed by atoms with E-state index in [9.17, 15) is 4.79 Å². The lowest BCUT2D eigenvalue weighted by Crippen LogP contribution is -2.44. The maximum Gasteiger partial charge on any atom is 0.251 e. The number of halogens is 1. The van der Waals surface area contributed by atoms with Gasteiger partial charge in [-0.25, -0.2) is 0 Å². The Kier molecular flexibility index (Phi) is 5.33. The smallest absolute Gasteiger partial charge is 0.251 e. The Morgan fingerprint density at radius 3 is 2.35 bits per heavy atom. The minimum Gasteiger partial charge on any atom is -0.381 e. The van der Waals surface area contributed by atoms with E-state index in [-0.39, 0.29) is 11.3 Å². The van der Waals surface area contributed by atoms with Gasteiger partial charge in [-0.2, -0.15) is 0 Å². The molecule has 1 fully saturated rings. The van der Waals surface area contributed by atoms with Gasteiger partial charge in [0, 0.05) is 34.3 Å². The molecule has 1 N–H and O–H groups in total. The Morgan fingerprint density at radius 1 is 1.04 bits per heavy atom. The first-order chi connectivity index (χ1) is 11.2. The zero-order valence-corrected chi connectivity index (χ0v) is 15.1. The summed E-state index contributed by atoms with van der Waals surface area (Å²) in [6, 6.07) is 18.1. The number of carbonyl (C=O) groups excluding carboxylic acids is 1. The van der Waals surface area contributed by atoms with E-state index >= 15 is 0 Å². The maximum atomic E-state index is 12.4. The molecule has 0 spiro atoms. The van der Waals surface area contributed by atoms with Gasteiger partial charge < -0.3 is 10.1 Å². The predicted molar refractivity (Wildman–Crippen MR) is 99.7 cm³/mol. The lowest BCUT2D eigenvalue weighted by atomic mass is 9.74. The van der Waals surface area contributed by atoms with Crippen molar-refractivity contribution in [2.75, 3.05) is 19.8 Å². The van der Waals surface area contributed by atoms with Gasteiger partial charge in [0.05, 0.1) is 0 Å². The number of benzene rings is 2. The van der Waals surface area contributed by atoms with Crippen molar-refractivity contribution in [2.24, 2.45) is 0 Å². The van der Waals surface area contributed by atoms with Gasteiger partial charge in [0.25, 0.3) is 5.91 Å². The summed E-state index contributed by atoms with van der Waals surface area (Å²) in [5, 5.41) is 3.13. The van der Waals surface area contributed by atoms with E-state index in [0.29, 0.717) is 12.1 Å². The summed E-state index contributed by atoms with van der Waals surface area (Å²) in [7, 11) is 0. The SMILES string of the molecule is O=C(NCC1(c2ccccc2)CCOCC1)c1ccc(I)cc1. The van der Waals surface area contributed by atoms with Crippen molar-refractivity contribution in [1.82, 2.24) is 5.32 Å². The van der Waals surface area contributed by atoms with Crippen molar-refractivity contribution < 1.29 is 9.53 Å². The van der Waals surface area contributed by atoms with Crippen molar-refractivity contribution in [3.63, 3.8) is 0 Å². The number of hydrogen-bond acceptors (Lipinski definition) is 2. The van der Waals surface area contributed by atoms with Crippen LogP contribution in [0.25, 0.3) is 0 Å². The van der Waals surface area contributed by atoms with Crippen LogP contribution in [0.3, 0.4) is 0 Å². The lowest BCUT2D eigenvalue weighted by molar-refractivity contribution is 0.0487. The molecular formula is C19H20INO2. The predicted octanol–water partition coefficient (Wildman–Crippen LogP) is 3.77. The Morgan fingerprint density at radius 2 is 1.70 bits per heavy atom. The van der Waals surface area contributed by atoms with Crippen LogP contribution in [0, 0.1) is 3.57 Å². The highest BCUT2D eigenvalue weighted by molar-refractivity contribution is 14.1. The van der Waals surface area contributed by atoms with Gasteiger partial charge in [-0.1, -0.05) is 30.3 Å². The Hall–Kier alpha value is -1.40. The van der Waals surface area contributed by atoms with Crippen molar-refractivity contribution >= 4 is 28.5 Å². The number of nitrogens with one attached hydrogen (secondary N) is 1. The molecule has 0 radical (unpaired) electrons. The van der Waals surface area contributed by atoms with E-state index in [4.69, 9.17) is 4.74 Å². The Bertz CT molecular complexity index is 649. The molecule has 0 saturated carbocycles. The van der Waals surface area contributed by atoms with Crippen LogP contribution >= 0.6 is 22.6 Å². The molecule has 3 rings (SSSR count). The van der Waals surface area contributed by atoms with Crippen LogP contribution in [-0.4, -0.2) is 25.7 Å². The van der Waals surface area contributed by atoms with Crippen LogP contribution in [0.2, 0.25) is 0 Å². The van der Waals surface area contributed by atoms with E-state index in [1.54, 1.807) is 0 Å². The summed E-state index contributed by atoms with van der Waals surface area (Å²) in [5.41, 5.74) is 1.96. The molecule has 0 unspecified atom stereocenters. The van der Waals surface area contributed by atoms with Crippen LogP contribution < -0.4 is 5.32 Å². The van der Waals surface area contributed by atoms with E-state index < -0.39 is 0 Å². The summed E-state index contributed by atoms with van der Waals surface area (Å²) in [5.74, 6) is -0.0109. The van der Waals surface area contributed by atoms with E-state index in [0.717, 1.165) is 29.6 Å². The molecule has 2 aromatic rings. The molecule has 0 bridgehead atoms. The molecule has 120 valence electrons. The molecular weight excluding hydrogens is 401 g/mol. The van der Waals surface area contributed by atoms with Gasteiger partial charge in [0.15, 0.2) is 0 Å². The van der Waals surface area contributed by atoms with Crippen molar-refractivity contribution in [1.29, 1.82) is 0 Å². The highest BCUT2D eigenvalue weighted by Gasteiger charge is 2.34. The van der Waals surface area contributed by atoms with Crippen molar-refractivity contribution in [3.05, 3.63) is 69.3 Å². The number of carbonyl (C=O) groups is 1. The van der Waals surface area contributed by atoms with Crippen LogP contribution in [0.4, 0.5) is 0 Å². The third kappa shape index (κ3) is 3.93. The number of amides is 1. The average Bonchev–Trinajstić information content (AvgIpc) is 2.62. The Labute approximate surface area is 150 Å². The van der Waals surface area contributed by atoms with E-state index in [2.05, 4.69) is 52.2 Å². The minimum absolute atomic E-state index is 0.0109. The molecule has 0 aromatic heterocycles. The second kappa shape index (κ2) is 7.45. The van der Waals surface area contributed by atoms with E-state index in [1.165, 1.54) is 5.56 Å². The molecule has 2 aromatic carbocycles. The topological polar surface area (TPSA) is 38.3 Å². The largest absolute Gasteiger partial charge is 0.381 e. The highest BCUT2D eigenvalue weighted by Crippen LogP contribution is 2.34. The fourth-order valence-corrected chi connectivity index (χ4v) is 3.43. The van der Waals surface area contributed by atoms with Gasteiger partial charge in [0.2, 0.25) is 0 Å². The second-order valence-corrected chi connectivity index (χ2v) is 7.19. The monoisotopic (exact) mass is 421 g/mol. The van der Waals surface area contributed by atoms with Crippen LogP contribution in [0.1, 0.15) is 28.8 Å². The molecule has 1 amide bonds. The molecule has 1 aliphatic rings. The second-order valence-electron chi connectivity index (χ2n) is 5.95. The third-order valence-electron chi connectivity index (χ3n) is 4.53. The molecule has 4 heteroatoms. The number of hydrogen-bond donors (Lipinski definition) is 1. The first-order valence-electron chi connectivity index (χ1n) is 7.87. The third-order valence-corrected chi connectivity index (χ3v) is 5.25. The average molecular weight is 421 g/mol. The van der Waals surface area contributed by atoms with Crippen LogP contribution in [0.5, 0.6) is 0 Å². The van der Waals surface area contributed by atoms with Crippen LogP contribution in [0.15, 0.2) is 54.6 Å². The van der Waals surface area contributed by atoms with Gasteiger partial charge in [-0.05, 0) is 65.3 Å². The number of rotatable bonds is 4. The fourth-order valence-electron chi connectivity index (χ4n) is 3.07. The first-order valence-corrected chi connectivity index (χ1v) is 8.95. The lowest BCUT2D eigenvalue weighted by Gasteiger charge is -2.38. The zero-order valence-electron chi connectivity index (χ0n) is 12.9. The highest BCUT2D eigenvalue weighted by atomic mass is 127. The van der Waals surface area contributed by atoms with Crippen LogP contribution in [-0.2, 0) is 10.2 Å². The molecule has 1 aliphatic heterocycles. The van der Waals surface area contributed by atoms with Gasteiger partial charge in [-0.15, -0.1) is 0 Å². The molecule has 0 aliphatic carbocycles. The molecule has 1 heterocycles. The standard InChI is InChI=1S/C19H20INO2/c20-17-8-6-15(7-9-17)18(22)21-14-19(10-12-23-13-11-19)16-4-2-1-3-5-16/h1-9H,10-14H2,(H,21,22). The molecule has 3 nitrogen and oxygen atoms in total. The quantitative estimate of drug-likeness (QED) is 0.764. The summed E-state index contributed by atoms with van der Waals surface area (Å²) in [6.45, 7) is 2.13. The van der Waals surface area contributed by atoms with Gasteiger partial charge in [-0.3, -0.25) is 4.79 Å². The summed E-state index contributed by atoms with van der Waals surface area (Å²) >= 11 is 2.24. The summed E-state index contributed by atoms with van der Waals surface area (Å²) < 4.78 is 6.67. The van der Waals surface area contributed by atoms with Gasteiger partial charge in [0.1, 0.15) is 0 Å². The number of ether oxygens (including phenoxy) is 1. The minimum atomic E-state index is -0.0294. The van der Waals surface area contributed by atoms with Gasteiger partial charge >= 0.3 is 0 Å². The molecule has 1 saturated heterocycles. The van der Waals surface area contributed by atoms with Crippen molar-refractivity contribution in [3.8, 4) is 0 Å². The maximum absolute atomic E-state index is 12.4. The Balaban J connectivity index is 1.74. The summed E-state index contributed by atoms with van der Waals surface area (Å²) in [4.78, 5) is 12.4. The van der Waals surface area contributed by atoms with Crippen molar-refractivity contribution in [2.45, 2.75) is 18.3 Å². The molecule has 23 heavy (non-hydrogen) atoms. The first kappa shape index (κ1) is 16.5. The fraction of sp³-hybridized carbons (Fsp3) is 0.316. The normalized spacial score (nSPS) is 16.7. The zero-order chi connectivity index (χ0) is 16.1. The summed E-state index contributed by atoms with van der Waals surface area (Å²) in [6.07, 6.45) is 1.87.